The van der Waals surface area contributed by atoms with E-state index >= 15 is 0 Å². The van der Waals surface area contributed by atoms with Crippen molar-refractivity contribution < 1.29 is 0 Å². The summed E-state index contributed by atoms with van der Waals surface area (Å²) in [5, 5.41) is 16.3. The Morgan fingerprint density at radius 2 is 1.68 bits per heavy atom. The molecule has 4 rings (SSSR count). The summed E-state index contributed by atoms with van der Waals surface area (Å²) in [5.41, 5.74) is 3.83. The van der Waals surface area contributed by atoms with Crippen LogP contribution in [0.15, 0.2) is 42.5 Å². The summed E-state index contributed by atoms with van der Waals surface area (Å²) in [6, 6.07) is 13.7. The predicted molar refractivity (Wildman–Crippen MR) is 86.7 cm³/mol. The van der Waals surface area contributed by atoms with Gasteiger partial charge in [-0.25, -0.2) is 4.98 Å². The van der Waals surface area contributed by atoms with Crippen molar-refractivity contribution in [3.8, 4) is 22.6 Å². The fraction of sp³-hybridized carbons (Fsp3) is 0.0625. The van der Waals surface area contributed by atoms with Gasteiger partial charge in [0.25, 0.3) is 0 Å². The SMILES string of the molecule is Cc1nc(-c2ccc3[nH]nc(-c4ccc(Cl)cc4)c3c2)n[nH]1. The first-order chi connectivity index (χ1) is 10.7. The number of benzene rings is 2. The Hall–Kier alpha value is -2.66. The molecule has 0 bridgehead atoms. The van der Waals surface area contributed by atoms with Gasteiger partial charge in [0.1, 0.15) is 5.82 Å². The fourth-order valence-corrected chi connectivity index (χ4v) is 2.58. The third-order valence-corrected chi connectivity index (χ3v) is 3.79. The van der Waals surface area contributed by atoms with Gasteiger partial charge in [-0.15, -0.1) is 0 Å². The number of aromatic nitrogens is 5. The highest BCUT2D eigenvalue weighted by Crippen LogP contribution is 2.30. The lowest BCUT2D eigenvalue weighted by molar-refractivity contribution is 1.04. The molecule has 0 unspecified atom stereocenters. The van der Waals surface area contributed by atoms with E-state index in [1.165, 1.54) is 0 Å². The molecule has 0 fully saturated rings. The van der Waals surface area contributed by atoms with Crippen molar-refractivity contribution in [3.63, 3.8) is 0 Å². The fourth-order valence-electron chi connectivity index (χ4n) is 2.45. The number of nitrogens with one attached hydrogen (secondary N) is 2. The molecule has 0 saturated heterocycles. The third-order valence-electron chi connectivity index (χ3n) is 3.54. The second-order valence-corrected chi connectivity index (χ2v) is 5.52. The number of hydrogen-bond acceptors (Lipinski definition) is 3. The maximum atomic E-state index is 5.95. The standard InChI is InChI=1S/C16H12ClN5/c1-9-18-16(22-19-9)11-4-7-14-13(8-11)15(21-20-14)10-2-5-12(17)6-3-10/h2-8H,1H3,(H,20,21)(H,18,19,22). The van der Waals surface area contributed by atoms with Crippen molar-refractivity contribution >= 4 is 22.5 Å². The molecule has 4 aromatic rings. The lowest BCUT2D eigenvalue weighted by Crippen LogP contribution is -1.82. The van der Waals surface area contributed by atoms with Crippen LogP contribution in [-0.4, -0.2) is 25.4 Å². The Morgan fingerprint density at radius 3 is 2.41 bits per heavy atom. The minimum atomic E-state index is 0.683. The van der Waals surface area contributed by atoms with Crippen LogP contribution in [0.2, 0.25) is 5.02 Å². The molecule has 0 aliphatic rings. The van der Waals surface area contributed by atoms with Crippen LogP contribution in [0.25, 0.3) is 33.5 Å². The summed E-state index contributed by atoms with van der Waals surface area (Å²) >= 11 is 5.95. The monoisotopic (exact) mass is 309 g/mol. The van der Waals surface area contributed by atoms with E-state index in [9.17, 15) is 0 Å². The number of rotatable bonds is 2. The van der Waals surface area contributed by atoms with Crippen LogP contribution < -0.4 is 0 Å². The van der Waals surface area contributed by atoms with E-state index < -0.39 is 0 Å². The third kappa shape index (κ3) is 2.16. The van der Waals surface area contributed by atoms with Gasteiger partial charge in [0, 0.05) is 21.5 Å². The molecule has 108 valence electrons. The lowest BCUT2D eigenvalue weighted by Gasteiger charge is -2.00. The Bertz CT molecular complexity index is 952. The highest BCUT2D eigenvalue weighted by atomic mass is 35.5. The van der Waals surface area contributed by atoms with Gasteiger partial charge >= 0.3 is 0 Å². The summed E-state index contributed by atoms with van der Waals surface area (Å²) in [6.45, 7) is 1.88. The Balaban J connectivity index is 1.88. The summed E-state index contributed by atoms with van der Waals surface area (Å²) in [7, 11) is 0. The quantitative estimate of drug-likeness (QED) is 0.588. The molecule has 22 heavy (non-hydrogen) atoms. The molecule has 0 spiro atoms. The largest absolute Gasteiger partial charge is 0.277 e. The van der Waals surface area contributed by atoms with Crippen molar-refractivity contribution in [2.24, 2.45) is 0 Å². The topological polar surface area (TPSA) is 70.2 Å². The van der Waals surface area contributed by atoms with Crippen molar-refractivity contribution in [2.45, 2.75) is 6.92 Å². The van der Waals surface area contributed by atoms with Gasteiger partial charge in [0.15, 0.2) is 5.82 Å². The normalized spacial score (nSPS) is 11.2. The maximum absolute atomic E-state index is 5.95. The second kappa shape index (κ2) is 4.96. The van der Waals surface area contributed by atoms with Crippen molar-refractivity contribution in [1.29, 1.82) is 0 Å². The van der Waals surface area contributed by atoms with Crippen LogP contribution in [0, 0.1) is 6.92 Å². The van der Waals surface area contributed by atoms with Crippen LogP contribution in [0.1, 0.15) is 5.82 Å². The van der Waals surface area contributed by atoms with E-state index in [0.717, 1.165) is 33.5 Å². The maximum Gasteiger partial charge on any atom is 0.181 e. The molecule has 2 aromatic heterocycles. The summed E-state index contributed by atoms with van der Waals surface area (Å²) < 4.78 is 0. The van der Waals surface area contributed by atoms with Gasteiger partial charge in [-0.1, -0.05) is 23.7 Å². The zero-order valence-electron chi connectivity index (χ0n) is 11.8. The van der Waals surface area contributed by atoms with E-state index in [4.69, 9.17) is 11.6 Å². The molecule has 5 nitrogen and oxygen atoms in total. The van der Waals surface area contributed by atoms with Crippen molar-refractivity contribution in [2.75, 3.05) is 0 Å². The van der Waals surface area contributed by atoms with Crippen LogP contribution in [0.3, 0.4) is 0 Å². The second-order valence-electron chi connectivity index (χ2n) is 5.08. The molecule has 0 amide bonds. The zero-order chi connectivity index (χ0) is 15.1. The molecule has 2 heterocycles. The number of halogens is 1. The summed E-state index contributed by atoms with van der Waals surface area (Å²) in [6.07, 6.45) is 0. The molecule has 2 N–H and O–H groups in total. The number of nitrogens with zero attached hydrogens (tertiary/aromatic N) is 3. The molecule has 6 heteroatoms. The average Bonchev–Trinajstić information content (AvgIpc) is 3.14. The number of hydrogen-bond donors (Lipinski definition) is 2. The van der Waals surface area contributed by atoms with Gasteiger partial charge < -0.3 is 0 Å². The first-order valence-electron chi connectivity index (χ1n) is 6.84. The average molecular weight is 310 g/mol. The molecule has 0 saturated carbocycles. The molecular formula is C16H12ClN5. The Labute approximate surface area is 131 Å². The molecule has 0 radical (unpaired) electrons. The predicted octanol–water partition coefficient (Wildman–Crippen LogP) is 3.98. The number of H-pyrrole nitrogens is 2. The van der Waals surface area contributed by atoms with E-state index in [1.807, 2.05) is 49.4 Å². The summed E-state index contributed by atoms with van der Waals surface area (Å²) in [5.74, 6) is 1.47. The highest BCUT2D eigenvalue weighted by molar-refractivity contribution is 6.30. The first kappa shape index (κ1) is 13.0. The van der Waals surface area contributed by atoms with Crippen LogP contribution in [0.4, 0.5) is 0 Å². The molecule has 0 atom stereocenters. The zero-order valence-corrected chi connectivity index (χ0v) is 12.5. The smallest absolute Gasteiger partial charge is 0.181 e. The van der Waals surface area contributed by atoms with Gasteiger partial charge in [-0.05, 0) is 37.3 Å². The van der Waals surface area contributed by atoms with Gasteiger partial charge in [0.05, 0.1) is 11.2 Å². The van der Waals surface area contributed by atoms with Gasteiger partial charge in [-0.2, -0.15) is 10.2 Å². The van der Waals surface area contributed by atoms with Crippen LogP contribution in [0.5, 0.6) is 0 Å². The van der Waals surface area contributed by atoms with E-state index in [-0.39, 0.29) is 0 Å². The Kier molecular flexibility index (Phi) is 2.94. The molecule has 0 aliphatic carbocycles. The van der Waals surface area contributed by atoms with Crippen LogP contribution >= 0.6 is 11.6 Å². The number of aryl methyl sites for hydroxylation is 1. The summed E-state index contributed by atoms with van der Waals surface area (Å²) in [4.78, 5) is 4.37. The highest BCUT2D eigenvalue weighted by Gasteiger charge is 2.11. The number of aromatic amines is 2. The minimum Gasteiger partial charge on any atom is -0.277 e. The van der Waals surface area contributed by atoms with Gasteiger partial charge in [0.2, 0.25) is 0 Å². The molecular weight excluding hydrogens is 298 g/mol. The van der Waals surface area contributed by atoms with E-state index in [2.05, 4.69) is 25.4 Å². The van der Waals surface area contributed by atoms with E-state index in [1.54, 1.807) is 0 Å². The molecule has 0 aliphatic heterocycles. The van der Waals surface area contributed by atoms with Gasteiger partial charge in [-0.3, -0.25) is 10.2 Å². The lowest BCUT2D eigenvalue weighted by atomic mass is 10.1. The van der Waals surface area contributed by atoms with Crippen LogP contribution in [-0.2, 0) is 0 Å². The molecule has 2 aromatic carbocycles. The first-order valence-corrected chi connectivity index (χ1v) is 7.22. The van der Waals surface area contributed by atoms with Crippen molar-refractivity contribution in [1.82, 2.24) is 25.4 Å². The Morgan fingerprint density at radius 1 is 0.909 bits per heavy atom. The van der Waals surface area contributed by atoms with E-state index in [0.29, 0.717) is 10.8 Å². The van der Waals surface area contributed by atoms with Crippen molar-refractivity contribution in [3.05, 3.63) is 53.3 Å². The minimum absolute atomic E-state index is 0.683. The number of fused-ring (bicyclic) bond motifs is 1.